The summed E-state index contributed by atoms with van der Waals surface area (Å²) >= 11 is 0. The first kappa shape index (κ1) is 18.0. The number of hydrogen-bond acceptors (Lipinski definition) is 5. The Kier molecular flexibility index (Phi) is 4.97. The molecule has 0 N–H and O–H groups in total. The molecule has 2 amide bonds. The summed E-state index contributed by atoms with van der Waals surface area (Å²) in [7, 11) is 1.61. The maximum absolute atomic E-state index is 12.8. The monoisotopic (exact) mass is 357 g/mol. The molecule has 0 unspecified atom stereocenters. The first-order valence-corrected chi connectivity index (χ1v) is 8.53. The molecule has 2 heterocycles. The normalized spacial score (nSPS) is 17.8. The highest BCUT2D eigenvalue weighted by atomic mass is 16.5. The third-order valence-corrected chi connectivity index (χ3v) is 4.83. The molecule has 2 aromatic rings. The number of ether oxygens (including phenoxy) is 1. The largest absolute Gasteiger partial charge is 0.497 e. The molecule has 0 spiro atoms. The second-order valence-corrected chi connectivity index (χ2v) is 6.54. The van der Waals surface area contributed by atoms with Crippen molar-refractivity contribution < 1.29 is 18.8 Å². The van der Waals surface area contributed by atoms with E-state index >= 15 is 0 Å². The summed E-state index contributed by atoms with van der Waals surface area (Å²) in [5.41, 5.74) is 2.57. The Hall–Kier alpha value is -2.83. The number of piperazine rings is 1. The smallest absolute Gasteiger partial charge is 0.245 e. The molecule has 26 heavy (non-hydrogen) atoms. The highest BCUT2D eigenvalue weighted by molar-refractivity contribution is 5.94. The van der Waals surface area contributed by atoms with Crippen LogP contribution in [-0.2, 0) is 22.7 Å². The van der Waals surface area contributed by atoms with Crippen molar-refractivity contribution in [2.24, 2.45) is 0 Å². The predicted molar refractivity (Wildman–Crippen MR) is 94.4 cm³/mol. The summed E-state index contributed by atoms with van der Waals surface area (Å²) in [6.07, 6.45) is 0. The maximum atomic E-state index is 12.8. The molecule has 1 saturated heterocycles. The van der Waals surface area contributed by atoms with Crippen LogP contribution in [0.1, 0.15) is 29.5 Å². The summed E-state index contributed by atoms with van der Waals surface area (Å²) in [5.74, 6) is 1.29. The molecule has 7 nitrogen and oxygen atoms in total. The van der Waals surface area contributed by atoms with Gasteiger partial charge in [0, 0.05) is 12.1 Å². The minimum Gasteiger partial charge on any atom is -0.497 e. The van der Waals surface area contributed by atoms with Crippen molar-refractivity contribution in [3.05, 3.63) is 46.8 Å². The number of carbonyl (C=O) groups is 2. The summed E-state index contributed by atoms with van der Waals surface area (Å²) in [6.45, 7) is 6.22. The fourth-order valence-electron chi connectivity index (χ4n) is 3.15. The zero-order valence-corrected chi connectivity index (χ0v) is 15.5. The van der Waals surface area contributed by atoms with Crippen LogP contribution in [0.3, 0.4) is 0 Å². The molecule has 3 rings (SSSR count). The number of hydrogen-bond donors (Lipinski definition) is 0. The van der Waals surface area contributed by atoms with Gasteiger partial charge in [0.2, 0.25) is 11.8 Å². The average Bonchev–Trinajstić information content (AvgIpc) is 2.95. The van der Waals surface area contributed by atoms with E-state index in [1.54, 1.807) is 23.8 Å². The minimum atomic E-state index is -0.525. The van der Waals surface area contributed by atoms with Crippen LogP contribution in [0.15, 0.2) is 28.8 Å². The van der Waals surface area contributed by atoms with E-state index in [9.17, 15) is 9.59 Å². The van der Waals surface area contributed by atoms with Crippen LogP contribution in [0, 0.1) is 13.8 Å². The molecule has 1 aromatic heterocycles. The lowest BCUT2D eigenvalue weighted by Crippen LogP contribution is -2.58. The second-order valence-electron chi connectivity index (χ2n) is 6.54. The lowest BCUT2D eigenvalue weighted by atomic mass is 10.1. The molecule has 1 aliphatic rings. The Morgan fingerprint density at radius 3 is 2.46 bits per heavy atom. The van der Waals surface area contributed by atoms with Crippen molar-refractivity contribution >= 4 is 11.8 Å². The van der Waals surface area contributed by atoms with Crippen LogP contribution in [0.2, 0.25) is 0 Å². The third-order valence-electron chi connectivity index (χ3n) is 4.83. The van der Waals surface area contributed by atoms with Crippen LogP contribution >= 0.6 is 0 Å². The molecular weight excluding hydrogens is 334 g/mol. The first-order chi connectivity index (χ1) is 12.4. The highest BCUT2D eigenvalue weighted by Gasteiger charge is 2.37. The lowest BCUT2D eigenvalue weighted by Gasteiger charge is -2.38. The molecule has 1 aliphatic heterocycles. The van der Waals surface area contributed by atoms with Crippen molar-refractivity contribution in [1.82, 2.24) is 15.0 Å². The number of aromatic nitrogens is 1. The molecule has 138 valence electrons. The molecule has 1 aromatic carbocycles. The average molecular weight is 357 g/mol. The van der Waals surface area contributed by atoms with E-state index < -0.39 is 6.04 Å². The fraction of sp³-hybridized carbons (Fsp3) is 0.421. The van der Waals surface area contributed by atoms with Gasteiger partial charge >= 0.3 is 0 Å². The molecular formula is C19H23N3O4. The van der Waals surface area contributed by atoms with Crippen LogP contribution < -0.4 is 4.74 Å². The number of nitrogens with zero attached hydrogens (tertiary/aromatic N) is 3. The van der Waals surface area contributed by atoms with Crippen LogP contribution in [-0.4, -0.2) is 46.5 Å². The van der Waals surface area contributed by atoms with E-state index in [0.717, 1.165) is 22.6 Å². The Labute approximate surface area is 152 Å². The quantitative estimate of drug-likeness (QED) is 0.819. The van der Waals surface area contributed by atoms with Gasteiger partial charge in [-0.15, -0.1) is 0 Å². The summed E-state index contributed by atoms with van der Waals surface area (Å²) in [6, 6.07) is 6.97. The second kappa shape index (κ2) is 7.19. The molecule has 0 aliphatic carbocycles. The molecule has 0 bridgehead atoms. The van der Waals surface area contributed by atoms with E-state index in [0.29, 0.717) is 18.8 Å². The number of methoxy groups -OCH3 is 1. The predicted octanol–water partition coefficient (Wildman–Crippen LogP) is 2.06. The van der Waals surface area contributed by atoms with Gasteiger partial charge in [0.15, 0.2) is 0 Å². The molecule has 0 saturated carbocycles. The minimum absolute atomic E-state index is 0.0628. The lowest BCUT2D eigenvalue weighted by molar-refractivity contribution is -0.156. The summed E-state index contributed by atoms with van der Waals surface area (Å²) < 4.78 is 10.3. The number of carbonyl (C=O) groups excluding carboxylic acids is 2. The maximum Gasteiger partial charge on any atom is 0.245 e. The van der Waals surface area contributed by atoms with Gasteiger partial charge in [0.05, 0.1) is 19.3 Å². The van der Waals surface area contributed by atoms with Crippen molar-refractivity contribution in [2.45, 2.75) is 39.9 Å². The van der Waals surface area contributed by atoms with Crippen molar-refractivity contribution in [2.75, 3.05) is 13.7 Å². The van der Waals surface area contributed by atoms with Gasteiger partial charge in [-0.1, -0.05) is 17.3 Å². The van der Waals surface area contributed by atoms with Crippen molar-refractivity contribution in [3.8, 4) is 5.75 Å². The molecule has 7 heteroatoms. The number of benzene rings is 1. The van der Waals surface area contributed by atoms with Gasteiger partial charge in [0.1, 0.15) is 24.1 Å². The van der Waals surface area contributed by atoms with Crippen LogP contribution in [0.25, 0.3) is 0 Å². The number of amides is 2. The van der Waals surface area contributed by atoms with Gasteiger partial charge in [-0.3, -0.25) is 9.59 Å². The zero-order valence-electron chi connectivity index (χ0n) is 15.5. The van der Waals surface area contributed by atoms with Crippen LogP contribution in [0.5, 0.6) is 5.75 Å². The number of rotatable bonds is 5. The third kappa shape index (κ3) is 3.42. The van der Waals surface area contributed by atoms with Gasteiger partial charge in [-0.05, 0) is 38.5 Å². The van der Waals surface area contributed by atoms with Gasteiger partial charge in [-0.25, -0.2) is 0 Å². The molecule has 0 radical (unpaired) electrons. The Balaban J connectivity index is 1.72. The van der Waals surface area contributed by atoms with Crippen molar-refractivity contribution in [3.63, 3.8) is 0 Å². The van der Waals surface area contributed by atoms with E-state index in [1.807, 2.05) is 38.1 Å². The summed E-state index contributed by atoms with van der Waals surface area (Å²) in [4.78, 5) is 28.6. The Bertz CT molecular complexity index is 793. The van der Waals surface area contributed by atoms with Gasteiger partial charge in [-0.2, -0.15) is 0 Å². The fourth-order valence-corrected chi connectivity index (χ4v) is 3.15. The van der Waals surface area contributed by atoms with Crippen molar-refractivity contribution in [1.29, 1.82) is 0 Å². The van der Waals surface area contributed by atoms with E-state index in [2.05, 4.69) is 5.16 Å². The SMILES string of the molecule is COc1ccc(CN2CC(=O)N(Cc3c(C)noc3C)[C@@H](C)C2=O)cc1. The summed E-state index contributed by atoms with van der Waals surface area (Å²) in [5, 5.41) is 3.92. The van der Waals surface area contributed by atoms with Crippen LogP contribution in [0.4, 0.5) is 0 Å². The van der Waals surface area contributed by atoms with E-state index in [4.69, 9.17) is 9.26 Å². The van der Waals surface area contributed by atoms with E-state index in [1.165, 1.54) is 0 Å². The van der Waals surface area contributed by atoms with E-state index in [-0.39, 0.29) is 18.4 Å². The molecule has 1 atom stereocenters. The number of aryl methyl sites for hydroxylation is 2. The first-order valence-electron chi connectivity index (χ1n) is 8.53. The highest BCUT2D eigenvalue weighted by Crippen LogP contribution is 2.22. The standard InChI is InChI=1S/C19H23N3O4/c1-12-17(14(3)26-20-12)10-22-13(2)19(24)21(11-18(22)23)9-15-5-7-16(25-4)8-6-15/h5-8,13H,9-11H2,1-4H3/t13-/m0/s1. The molecule has 1 fully saturated rings. The topological polar surface area (TPSA) is 75.9 Å². The van der Waals surface area contributed by atoms with Gasteiger partial charge < -0.3 is 19.1 Å². The zero-order chi connectivity index (χ0) is 18.8. The Morgan fingerprint density at radius 2 is 1.88 bits per heavy atom. The van der Waals surface area contributed by atoms with Gasteiger partial charge in [0.25, 0.3) is 0 Å². The Morgan fingerprint density at radius 1 is 1.19 bits per heavy atom.